The summed E-state index contributed by atoms with van der Waals surface area (Å²) in [5, 5.41) is 2.63. The Morgan fingerprint density at radius 2 is 1.76 bits per heavy atom. The molecule has 2 N–H and O–H groups in total. The van der Waals surface area contributed by atoms with Crippen LogP contribution in [0.4, 0.5) is 4.79 Å². The number of hydrogen-bond acceptors (Lipinski definition) is 3. The van der Waals surface area contributed by atoms with Crippen LogP contribution in [0.3, 0.4) is 0 Å². The average molecular weight is 453 g/mol. The van der Waals surface area contributed by atoms with Gasteiger partial charge < -0.3 is 10.3 Å². The van der Waals surface area contributed by atoms with Gasteiger partial charge in [-0.05, 0) is 24.6 Å². The molecule has 3 aromatic rings. The fourth-order valence-electron chi connectivity index (χ4n) is 3.75. The number of aromatic nitrogens is 2. The van der Waals surface area contributed by atoms with Crippen molar-refractivity contribution in [2.75, 3.05) is 6.54 Å². The third-order valence-corrected chi connectivity index (χ3v) is 5.78. The number of carbonyl (C=O) groups is 2. The Bertz CT molecular complexity index is 1030. The Labute approximate surface area is 177 Å². The number of aromatic amines is 1. The molecule has 2 aromatic carbocycles. The van der Waals surface area contributed by atoms with Crippen LogP contribution in [0.2, 0.25) is 0 Å². The van der Waals surface area contributed by atoms with Gasteiger partial charge in [0.25, 0.3) is 5.91 Å². The molecule has 6 nitrogen and oxygen atoms in total. The van der Waals surface area contributed by atoms with E-state index in [1.165, 1.54) is 4.90 Å². The van der Waals surface area contributed by atoms with Crippen molar-refractivity contribution < 1.29 is 9.59 Å². The Morgan fingerprint density at radius 1 is 1.07 bits per heavy atom. The monoisotopic (exact) mass is 452 g/mol. The molecule has 2 atom stereocenters. The summed E-state index contributed by atoms with van der Waals surface area (Å²) in [4.78, 5) is 34.5. The van der Waals surface area contributed by atoms with E-state index in [2.05, 4.69) is 26.2 Å². The van der Waals surface area contributed by atoms with Crippen LogP contribution in [0.5, 0.6) is 0 Å². The number of H-pyrrole nitrogens is 1. The minimum absolute atomic E-state index is 0.0100. The van der Waals surface area contributed by atoms with Crippen molar-refractivity contribution in [3.8, 4) is 11.3 Å². The quantitative estimate of drug-likeness (QED) is 0.557. The number of carbonyl (C=O) groups excluding carboxylic acids is 2. The molecule has 1 fully saturated rings. The first-order chi connectivity index (χ1) is 14.0. The van der Waals surface area contributed by atoms with Crippen LogP contribution in [0.1, 0.15) is 36.0 Å². The molecule has 148 valence electrons. The highest BCUT2D eigenvalue weighted by atomic mass is 79.9. The summed E-state index contributed by atoms with van der Waals surface area (Å²) in [6.45, 7) is 3.97. The molecular formula is C22H21BrN4O2. The van der Waals surface area contributed by atoms with Crippen LogP contribution >= 0.6 is 15.9 Å². The summed E-state index contributed by atoms with van der Waals surface area (Å²) in [6.07, 6.45) is 0. The highest BCUT2D eigenvalue weighted by molar-refractivity contribution is 9.10. The maximum atomic E-state index is 12.5. The SMILES string of the molecule is Cc1[nH]c(C(C(C)c2ccccc2)N2C(=O)CNC2=O)nc1-c1ccc(Br)cc1. The number of nitrogens with one attached hydrogen (secondary N) is 2. The molecule has 2 heterocycles. The maximum Gasteiger partial charge on any atom is 0.325 e. The summed E-state index contributed by atoms with van der Waals surface area (Å²) < 4.78 is 0.990. The molecule has 0 bridgehead atoms. The lowest BCUT2D eigenvalue weighted by Crippen LogP contribution is -2.38. The third kappa shape index (κ3) is 3.70. The fraction of sp³-hybridized carbons (Fsp3) is 0.227. The summed E-state index contributed by atoms with van der Waals surface area (Å²) >= 11 is 3.45. The fourth-order valence-corrected chi connectivity index (χ4v) is 4.01. The zero-order valence-electron chi connectivity index (χ0n) is 16.1. The van der Waals surface area contributed by atoms with Gasteiger partial charge in [-0.25, -0.2) is 9.78 Å². The number of rotatable bonds is 5. The minimum Gasteiger partial charge on any atom is -0.344 e. The summed E-state index contributed by atoms with van der Waals surface area (Å²) in [5.74, 6) is 0.219. The lowest BCUT2D eigenvalue weighted by molar-refractivity contribution is -0.127. The number of imidazole rings is 1. The molecule has 29 heavy (non-hydrogen) atoms. The van der Waals surface area contributed by atoms with Crippen molar-refractivity contribution in [3.63, 3.8) is 0 Å². The van der Waals surface area contributed by atoms with Gasteiger partial charge in [-0.1, -0.05) is 65.3 Å². The average Bonchev–Trinajstić information content (AvgIpc) is 3.26. The molecule has 1 aliphatic heterocycles. The molecule has 0 aliphatic carbocycles. The van der Waals surface area contributed by atoms with Gasteiger partial charge in [0.15, 0.2) is 0 Å². The van der Waals surface area contributed by atoms with Crippen LogP contribution < -0.4 is 5.32 Å². The van der Waals surface area contributed by atoms with Gasteiger partial charge in [0.05, 0.1) is 12.2 Å². The van der Waals surface area contributed by atoms with E-state index in [1.54, 1.807) is 0 Å². The number of aryl methyl sites for hydroxylation is 1. The molecule has 0 spiro atoms. The Morgan fingerprint density at radius 3 is 2.38 bits per heavy atom. The smallest absolute Gasteiger partial charge is 0.325 e. The number of hydrogen-bond donors (Lipinski definition) is 2. The molecule has 1 aromatic heterocycles. The molecule has 7 heteroatoms. The van der Waals surface area contributed by atoms with E-state index >= 15 is 0 Å². The van der Waals surface area contributed by atoms with Crippen LogP contribution in [-0.2, 0) is 4.79 Å². The molecule has 4 rings (SSSR count). The Balaban J connectivity index is 1.79. The van der Waals surface area contributed by atoms with Crippen LogP contribution in [-0.4, -0.2) is 33.4 Å². The number of amides is 3. The second-order valence-electron chi connectivity index (χ2n) is 7.17. The first kappa shape index (κ1) is 19.4. The highest BCUT2D eigenvalue weighted by Gasteiger charge is 2.40. The van der Waals surface area contributed by atoms with Crippen LogP contribution in [0.25, 0.3) is 11.3 Å². The van der Waals surface area contributed by atoms with Gasteiger partial charge in [-0.2, -0.15) is 0 Å². The second-order valence-corrected chi connectivity index (χ2v) is 8.08. The van der Waals surface area contributed by atoms with Gasteiger partial charge in [0, 0.05) is 21.6 Å². The number of urea groups is 1. The van der Waals surface area contributed by atoms with E-state index in [1.807, 2.05) is 68.4 Å². The van der Waals surface area contributed by atoms with Gasteiger partial charge in [0.1, 0.15) is 11.9 Å². The Hall–Kier alpha value is -2.93. The number of imide groups is 1. The van der Waals surface area contributed by atoms with Crippen molar-refractivity contribution >= 4 is 27.9 Å². The van der Waals surface area contributed by atoms with E-state index in [4.69, 9.17) is 4.98 Å². The summed E-state index contributed by atoms with van der Waals surface area (Å²) in [7, 11) is 0. The van der Waals surface area contributed by atoms with Crippen molar-refractivity contribution in [3.05, 3.63) is 76.2 Å². The van der Waals surface area contributed by atoms with Gasteiger partial charge in [0.2, 0.25) is 0 Å². The van der Waals surface area contributed by atoms with E-state index in [9.17, 15) is 9.59 Å². The van der Waals surface area contributed by atoms with Crippen molar-refractivity contribution in [1.29, 1.82) is 0 Å². The first-order valence-electron chi connectivity index (χ1n) is 9.43. The lowest BCUT2D eigenvalue weighted by Gasteiger charge is -2.29. The van der Waals surface area contributed by atoms with Crippen molar-refractivity contribution in [2.45, 2.75) is 25.8 Å². The van der Waals surface area contributed by atoms with E-state index in [0.29, 0.717) is 5.82 Å². The predicted molar refractivity (Wildman–Crippen MR) is 114 cm³/mol. The van der Waals surface area contributed by atoms with Crippen LogP contribution in [0.15, 0.2) is 59.1 Å². The van der Waals surface area contributed by atoms with E-state index < -0.39 is 6.04 Å². The number of benzene rings is 2. The number of nitrogens with zero attached hydrogens (tertiary/aromatic N) is 2. The molecule has 2 unspecified atom stereocenters. The first-order valence-corrected chi connectivity index (χ1v) is 10.2. The largest absolute Gasteiger partial charge is 0.344 e. The Kier molecular flexibility index (Phi) is 5.24. The van der Waals surface area contributed by atoms with Gasteiger partial charge in [-0.3, -0.25) is 9.69 Å². The zero-order chi connectivity index (χ0) is 20.5. The number of halogens is 1. The molecular weight excluding hydrogens is 432 g/mol. The van der Waals surface area contributed by atoms with E-state index in [0.717, 1.165) is 27.0 Å². The minimum atomic E-state index is -0.532. The zero-order valence-corrected chi connectivity index (χ0v) is 17.7. The van der Waals surface area contributed by atoms with Crippen molar-refractivity contribution in [1.82, 2.24) is 20.2 Å². The molecule has 3 amide bonds. The standard InChI is InChI=1S/C22H21BrN4O2/c1-13(15-6-4-3-5-7-15)20(27-18(28)12-24-22(27)29)21-25-14(2)19(26-21)16-8-10-17(23)11-9-16/h3-11,13,20H,12H2,1-2H3,(H,24,29)(H,25,26). The van der Waals surface area contributed by atoms with Crippen LogP contribution in [0, 0.1) is 6.92 Å². The maximum absolute atomic E-state index is 12.5. The normalized spacial score (nSPS) is 16.0. The third-order valence-electron chi connectivity index (χ3n) is 5.26. The summed E-state index contributed by atoms with van der Waals surface area (Å²) in [6, 6.07) is 16.8. The summed E-state index contributed by atoms with van der Waals surface area (Å²) in [5.41, 5.74) is 3.70. The van der Waals surface area contributed by atoms with Crippen molar-refractivity contribution in [2.24, 2.45) is 0 Å². The molecule has 1 saturated heterocycles. The molecule has 1 aliphatic rings. The van der Waals surface area contributed by atoms with Gasteiger partial charge >= 0.3 is 6.03 Å². The molecule has 0 radical (unpaired) electrons. The highest BCUT2D eigenvalue weighted by Crippen LogP contribution is 2.37. The topological polar surface area (TPSA) is 78.1 Å². The van der Waals surface area contributed by atoms with E-state index in [-0.39, 0.29) is 24.4 Å². The lowest BCUT2D eigenvalue weighted by atomic mass is 9.91. The molecule has 0 saturated carbocycles. The predicted octanol–water partition coefficient (Wildman–Crippen LogP) is 4.54. The second kappa shape index (κ2) is 7.83. The van der Waals surface area contributed by atoms with Gasteiger partial charge in [-0.15, -0.1) is 0 Å².